The Morgan fingerprint density at radius 2 is 2.15 bits per heavy atom. The maximum Gasteiger partial charge on any atom is 0.0836 e. The summed E-state index contributed by atoms with van der Waals surface area (Å²) in [5, 5.41) is 0. The van der Waals surface area contributed by atoms with Gasteiger partial charge in [0, 0.05) is 16.4 Å². The highest BCUT2D eigenvalue weighted by Crippen LogP contribution is 2.34. The van der Waals surface area contributed by atoms with E-state index in [1.54, 1.807) is 0 Å². The Kier molecular flexibility index (Phi) is 2.86. The van der Waals surface area contributed by atoms with Crippen LogP contribution in [0.2, 0.25) is 0 Å². The molecule has 0 radical (unpaired) electrons. The van der Waals surface area contributed by atoms with Crippen LogP contribution in [0.1, 0.15) is 24.5 Å². The van der Waals surface area contributed by atoms with Crippen LogP contribution in [-0.4, -0.2) is 6.61 Å². The normalized spacial score (nSPS) is 22.2. The Hall–Kier alpha value is -0.120. The molecule has 0 aromatic heterocycles. The van der Waals surface area contributed by atoms with Gasteiger partial charge in [0.25, 0.3) is 0 Å². The van der Waals surface area contributed by atoms with E-state index in [4.69, 9.17) is 4.74 Å². The highest BCUT2D eigenvalue weighted by molar-refractivity contribution is 7.83. The summed E-state index contributed by atoms with van der Waals surface area (Å²) in [4.78, 5) is 1.88. The van der Waals surface area contributed by atoms with E-state index in [-0.39, 0.29) is 6.10 Å². The van der Waals surface area contributed by atoms with E-state index in [0.717, 1.165) is 29.2 Å². The first kappa shape index (κ1) is 9.44. The van der Waals surface area contributed by atoms with E-state index in [0.29, 0.717) is 0 Å². The topological polar surface area (TPSA) is 9.23 Å². The van der Waals surface area contributed by atoms with Crippen LogP contribution in [0, 0.1) is 0 Å². The number of benzene rings is 1. The van der Waals surface area contributed by atoms with E-state index in [9.17, 15) is 0 Å². The van der Waals surface area contributed by atoms with Crippen LogP contribution in [0.25, 0.3) is 0 Å². The minimum atomic E-state index is 0.236. The number of rotatable bonds is 1. The molecule has 1 aromatic carbocycles. The standard InChI is InChI=1S/C10H12OS2/c12-9-5-1-3-7(10(9)13)8-4-2-6-11-8/h1,3,5,8,12-13H,2,4,6H2. The predicted molar refractivity (Wildman–Crippen MR) is 58.9 cm³/mol. The third-order valence-electron chi connectivity index (χ3n) is 2.32. The van der Waals surface area contributed by atoms with Crippen LogP contribution in [0.15, 0.2) is 28.0 Å². The molecule has 1 aliphatic rings. The lowest BCUT2D eigenvalue weighted by Crippen LogP contribution is -1.97. The Morgan fingerprint density at radius 1 is 1.31 bits per heavy atom. The third kappa shape index (κ3) is 1.87. The lowest BCUT2D eigenvalue weighted by atomic mass is 10.1. The second-order valence-electron chi connectivity index (χ2n) is 3.22. The zero-order valence-corrected chi connectivity index (χ0v) is 9.02. The van der Waals surface area contributed by atoms with Gasteiger partial charge in [-0.15, -0.1) is 25.3 Å². The Labute approximate surface area is 89.3 Å². The van der Waals surface area contributed by atoms with Crippen molar-refractivity contribution in [3.8, 4) is 0 Å². The van der Waals surface area contributed by atoms with Gasteiger partial charge in [-0.05, 0) is 24.5 Å². The predicted octanol–water partition coefficient (Wildman–Crippen LogP) is 3.12. The molecule has 1 unspecified atom stereocenters. The Balaban J connectivity index is 2.33. The average Bonchev–Trinajstić information content (AvgIpc) is 2.62. The summed E-state index contributed by atoms with van der Waals surface area (Å²) >= 11 is 8.76. The lowest BCUT2D eigenvalue weighted by Gasteiger charge is -2.13. The van der Waals surface area contributed by atoms with Gasteiger partial charge >= 0.3 is 0 Å². The molecule has 0 aliphatic carbocycles. The molecule has 0 saturated carbocycles. The summed E-state index contributed by atoms with van der Waals surface area (Å²) in [7, 11) is 0. The Morgan fingerprint density at radius 3 is 2.85 bits per heavy atom. The van der Waals surface area contributed by atoms with Gasteiger partial charge in [-0.3, -0.25) is 0 Å². The SMILES string of the molecule is Sc1cccc(C2CCCO2)c1S. The zero-order chi connectivity index (χ0) is 9.26. The van der Waals surface area contributed by atoms with Gasteiger partial charge in [0.05, 0.1) is 6.10 Å². The van der Waals surface area contributed by atoms with Gasteiger partial charge in [-0.1, -0.05) is 12.1 Å². The van der Waals surface area contributed by atoms with Crippen molar-refractivity contribution in [2.45, 2.75) is 28.7 Å². The fourth-order valence-electron chi connectivity index (χ4n) is 1.63. The van der Waals surface area contributed by atoms with E-state index in [2.05, 4.69) is 31.3 Å². The van der Waals surface area contributed by atoms with Crippen molar-refractivity contribution in [3.63, 3.8) is 0 Å². The molecule has 1 aliphatic heterocycles. The van der Waals surface area contributed by atoms with Crippen LogP contribution >= 0.6 is 25.3 Å². The average molecular weight is 212 g/mol. The molecular weight excluding hydrogens is 200 g/mol. The van der Waals surface area contributed by atoms with Crippen LogP contribution in [0.3, 0.4) is 0 Å². The number of hydrogen-bond donors (Lipinski definition) is 2. The minimum Gasteiger partial charge on any atom is -0.373 e. The minimum absolute atomic E-state index is 0.236. The van der Waals surface area contributed by atoms with Crippen molar-refractivity contribution in [2.75, 3.05) is 6.61 Å². The van der Waals surface area contributed by atoms with Crippen LogP contribution in [-0.2, 0) is 4.74 Å². The molecule has 3 heteroatoms. The molecule has 70 valence electrons. The molecule has 1 saturated heterocycles. The van der Waals surface area contributed by atoms with Crippen LogP contribution in [0.4, 0.5) is 0 Å². The summed E-state index contributed by atoms with van der Waals surface area (Å²) in [6.45, 7) is 0.870. The van der Waals surface area contributed by atoms with Crippen molar-refractivity contribution in [1.29, 1.82) is 0 Å². The molecule has 1 aromatic rings. The number of ether oxygens (including phenoxy) is 1. The molecule has 2 rings (SSSR count). The van der Waals surface area contributed by atoms with Crippen molar-refractivity contribution in [2.24, 2.45) is 0 Å². The van der Waals surface area contributed by atoms with Crippen LogP contribution < -0.4 is 0 Å². The van der Waals surface area contributed by atoms with E-state index < -0.39 is 0 Å². The van der Waals surface area contributed by atoms with Gasteiger partial charge in [-0.2, -0.15) is 0 Å². The summed E-state index contributed by atoms with van der Waals surface area (Å²) in [5.41, 5.74) is 1.17. The molecule has 1 fully saturated rings. The fraction of sp³-hybridized carbons (Fsp3) is 0.400. The number of thiol groups is 2. The molecular formula is C10H12OS2. The van der Waals surface area contributed by atoms with Crippen molar-refractivity contribution in [1.82, 2.24) is 0 Å². The molecule has 1 heterocycles. The van der Waals surface area contributed by atoms with Gasteiger partial charge in [0.2, 0.25) is 0 Å². The van der Waals surface area contributed by atoms with E-state index in [1.807, 2.05) is 12.1 Å². The maximum atomic E-state index is 5.59. The molecule has 1 atom stereocenters. The van der Waals surface area contributed by atoms with Crippen LogP contribution in [0.5, 0.6) is 0 Å². The maximum absolute atomic E-state index is 5.59. The second-order valence-corrected chi connectivity index (χ2v) is 4.15. The summed E-state index contributed by atoms with van der Waals surface area (Å²) in [6.07, 6.45) is 2.49. The highest BCUT2D eigenvalue weighted by atomic mass is 32.1. The molecule has 0 N–H and O–H groups in total. The van der Waals surface area contributed by atoms with Gasteiger partial charge < -0.3 is 4.74 Å². The molecule has 13 heavy (non-hydrogen) atoms. The molecule has 0 spiro atoms. The van der Waals surface area contributed by atoms with Crippen molar-refractivity contribution < 1.29 is 4.74 Å². The molecule has 1 nitrogen and oxygen atoms in total. The first-order valence-corrected chi connectivity index (χ1v) is 5.31. The lowest BCUT2D eigenvalue weighted by molar-refractivity contribution is 0.109. The highest BCUT2D eigenvalue weighted by Gasteiger charge is 2.19. The van der Waals surface area contributed by atoms with Gasteiger partial charge in [0.15, 0.2) is 0 Å². The first-order chi connectivity index (χ1) is 6.29. The van der Waals surface area contributed by atoms with Crippen molar-refractivity contribution in [3.05, 3.63) is 23.8 Å². The molecule has 0 amide bonds. The molecule has 0 bridgehead atoms. The first-order valence-electron chi connectivity index (χ1n) is 4.41. The summed E-state index contributed by atoms with van der Waals surface area (Å²) < 4.78 is 5.59. The van der Waals surface area contributed by atoms with Crippen molar-refractivity contribution >= 4 is 25.3 Å². The summed E-state index contributed by atoms with van der Waals surface area (Å²) in [6, 6.07) is 6.01. The number of hydrogen-bond acceptors (Lipinski definition) is 3. The van der Waals surface area contributed by atoms with Gasteiger partial charge in [0.1, 0.15) is 0 Å². The van der Waals surface area contributed by atoms with Gasteiger partial charge in [-0.25, -0.2) is 0 Å². The third-order valence-corrected chi connectivity index (χ3v) is 3.37. The fourth-order valence-corrected chi connectivity index (χ4v) is 2.14. The largest absolute Gasteiger partial charge is 0.373 e. The quantitative estimate of drug-likeness (QED) is 0.680. The monoisotopic (exact) mass is 212 g/mol. The van der Waals surface area contributed by atoms with E-state index in [1.165, 1.54) is 5.56 Å². The smallest absolute Gasteiger partial charge is 0.0836 e. The zero-order valence-electron chi connectivity index (χ0n) is 7.23. The Bertz CT molecular complexity index is 306. The van der Waals surface area contributed by atoms with E-state index >= 15 is 0 Å². The summed E-state index contributed by atoms with van der Waals surface area (Å²) in [5.74, 6) is 0. The second kappa shape index (κ2) is 3.95.